The van der Waals surface area contributed by atoms with Crippen molar-refractivity contribution >= 4 is 29.5 Å². The molecule has 1 aliphatic carbocycles. The zero-order chi connectivity index (χ0) is 28.4. The Balaban J connectivity index is 1.85. The maximum absolute atomic E-state index is 13.7. The SMILES string of the molecule is CCCn1c(=O)c2c(nc(C3CCCCC3)n2COCC[Si](C)(C)C)n(Cc2ccc(S(=O)(=O)F)cc2)c1=O. The smallest absolute Gasteiger partial charge is 0.333 e. The van der Waals surface area contributed by atoms with Gasteiger partial charge in [0.2, 0.25) is 0 Å². The monoisotopic (exact) mass is 578 g/mol. The quantitative estimate of drug-likeness (QED) is 0.183. The summed E-state index contributed by atoms with van der Waals surface area (Å²) in [5.41, 5.74) is 0.382. The van der Waals surface area contributed by atoms with Crippen LogP contribution < -0.4 is 11.2 Å². The van der Waals surface area contributed by atoms with E-state index in [9.17, 15) is 21.9 Å². The molecule has 1 saturated carbocycles. The lowest BCUT2D eigenvalue weighted by Crippen LogP contribution is -2.41. The van der Waals surface area contributed by atoms with Crippen LogP contribution in [0.2, 0.25) is 25.7 Å². The molecule has 3 aromatic rings. The van der Waals surface area contributed by atoms with Crippen molar-refractivity contribution in [2.75, 3.05) is 6.61 Å². The summed E-state index contributed by atoms with van der Waals surface area (Å²) >= 11 is 0. The standard InChI is InChI=1S/C27H39FN4O5SSi/c1-5-15-30-26(33)23-25(31(27(30)34)18-20-11-13-22(14-12-20)38(28,35)36)29-24(21-9-7-6-8-10-21)32(23)19-37-16-17-39(2,3)4/h11-14,21H,5-10,15-19H2,1-4H3. The molecule has 0 spiro atoms. The summed E-state index contributed by atoms with van der Waals surface area (Å²) in [7, 11) is -6.14. The molecule has 0 bridgehead atoms. The van der Waals surface area contributed by atoms with Crippen LogP contribution in [0, 0.1) is 0 Å². The molecule has 39 heavy (non-hydrogen) atoms. The molecule has 1 fully saturated rings. The fourth-order valence-electron chi connectivity index (χ4n) is 5.15. The van der Waals surface area contributed by atoms with Gasteiger partial charge in [0.1, 0.15) is 12.6 Å². The molecular formula is C27H39FN4O5SSi. The summed E-state index contributed by atoms with van der Waals surface area (Å²) in [4.78, 5) is 31.8. The minimum atomic E-state index is -4.83. The predicted octanol–water partition coefficient (Wildman–Crippen LogP) is 4.84. The largest absolute Gasteiger partial charge is 0.361 e. The first-order valence-electron chi connectivity index (χ1n) is 13.8. The minimum absolute atomic E-state index is 0.0591. The van der Waals surface area contributed by atoms with Crippen LogP contribution in [-0.2, 0) is 34.8 Å². The van der Waals surface area contributed by atoms with E-state index < -0.39 is 28.9 Å². The number of nitrogens with zero attached hydrogens (tertiary/aromatic N) is 4. The maximum Gasteiger partial charge on any atom is 0.333 e. The molecule has 0 radical (unpaired) electrons. The highest BCUT2D eigenvalue weighted by atomic mass is 32.3. The average Bonchev–Trinajstić information content (AvgIpc) is 3.26. The molecule has 1 aliphatic rings. The van der Waals surface area contributed by atoms with Crippen LogP contribution in [-0.4, -0.2) is 41.8 Å². The molecule has 9 nitrogen and oxygen atoms in total. The fraction of sp³-hybridized carbons (Fsp3) is 0.593. The topological polar surface area (TPSA) is 105 Å². The molecule has 0 aliphatic heterocycles. The molecular weight excluding hydrogens is 539 g/mol. The van der Waals surface area contributed by atoms with E-state index in [1.165, 1.54) is 39.8 Å². The first kappa shape index (κ1) is 29.4. The second-order valence-electron chi connectivity index (χ2n) is 11.7. The summed E-state index contributed by atoms with van der Waals surface area (Å²) in [5.74, 6) is 0.944. The number of halogens is 1. The van der Waals surface area contributed by atoms with Gasteiger partial charge < -0.3 is 4.74 Å². The third kappa shape index (κ3) is 6.78. The Kier molecular flexibility index (Phi) is 8.97. The number of fused-ring (bicyclic) bond motifs is 1. The zero-order valence-electron chi connectivity index (χ0n) is 23.3. The minimum Gasteiger partial charge on any atom is -0.361 e. The van der Waals surface area contributed by atoms with E-state index in [0.29, 0.717) is 29.8 Å². The van der Waals surface area contributed by atoms with Crippen LogP contribution in [0.15, 0.2) is 38.8 Å². The molecule has 0 saturated heterocycles. The highest BCUT2D eigenvalue weighted by Gasteiger charge is 2.27. The molecule has 0 N–H and O–H groups in total. The van der Waals surface area contributed by atoms with Gasteiger partial charge in [0.05, 0.1) is 11.4 Å². The van der Waals surface area contributed by atoms with Gasteiger partial charge in [-0.2, -0.15) is 8.42 Å². The van der Waals surface area contributed by atoms with Crippen molar-refractivity contribution in [1.29, 1.82) is 0 Å². The molecule has 2 heterocycles. The second kappa shape index (κ2) is 11.9. The molecule has 214 valence electrons. The Labute approximate surface area is 229 Å². The van der Waals surface area contributed by atoms with Crippen molar-refractivity contribution in [3.8, 4) is 0 Å². The van der Waals surface area contributed by atoms with Gasteiger partial charge >= 0.3 is 15.9 Å². The fourth-order valence-corrected chi connectivity index (χ4v) is 6.37. The number of aromatic nitrogens is 4. The summed E-state index contributed by atoms with van der Waals surface area (Å²) in [6, 6.07) is 6.28. The number of ether oxygens (including phenoxy) is 1. The Morgan fingerprint density at radius 2 is 1.69 bits per heavy atom. The van der Waals surface area contributed by atoms with Crippen LogP contribution in [0.3, 0.4) is 0 Å². The van der Waals surface area contributed by atoms with Gasteiger partial charge in [-0.25, -0.2) is 9.78 Å². The van der Waals surface area contributed by atoms with Crippen LogP contribution >= 0.6 is 0 Å². The molecule has 2 aromatic heterocycles. The number of hydrogen-bond acceptors (Lipinski definition) is 6. The highest BCUT2D eigenvalue weighted by molar-refractivity contribution is 7.86. The van der Waals surface area contributed by atoms with Gasteiger partial charge in [0, 0.05) is 27.1 Å². The van der Waals surface area contributed by atoms with Gasteiger partial charge in [0.15, 0.2) is 11.2 Å². The second-order valence-corrected chi connectivity index (χ2v) is 18.6. The lowest BCUT2D eigenvalue weighted by molar-refractivity contribution is 0.0863. The van der Waals surface area contributed by atoms with E-state index >= 15 is 0 Å². The van der Waals surface area contributed by atoms with E-state index in [1.807, 2.05) is 11.5 Å². The highest BCUT2D eigenvalue weighted by Crippen LogP contribution is 2.33. The first-order valence-corrected chi connectivity index (χ1v) is 18.8. The maximum atomic E-state index is 13.7. The van der Waals surface area contributed by atoms with Crippen molar-refractivity contribution in [3.05, 3.63) is 56.5 Å². The Bertz CT molecular complexity index is 1530. The molecule has 12 heteroatoms. The van der Waals surface area contributed by atoms with E-state index in [4.69, 9.17) is 9.72 Å². The lowest BCUT2D eigenvalue weighted by Gasteiger charge is -2.22. The van der Waals surface area contributed by atoms with Crippen molar-refractivity contribution in [2.45, 2.75) is 102 Å². The van der Waals surface area contributed by atoms with Gasteiger partial charge in [-0.15, -0.1) is 3.89 Å². The lowest BCUT2D eigenvalue weighted by atomic mass is 9.89. The Morgan fingerprint density at radius 1 is 1.03 bits per heavy atom. The molecule has 0 amide bonds. The summed E-state index contributed by atoms with van der Waals surface area (Å²) in [6.07, 6.45) is 5.86. The van der Waals surface area contributed by atoms with Gasteiger partial charge in [-0.05, 0) is 43.0 Å². The molecule has 0 atom stereocenters. The van der Waals surface area contributed by atoms with Crippen molar-refractivity contribution in [2.24, 2.45) is 0 Å². The van der Waals surface area contributed by atoms with Gasteiger partial charge in [-0.1, -0.05) is 58.0 Å². The van der Waals surface area contributed by atoms with Gasteiger partial charge in [0.25, 0.3) is 5.56 Å². The molecule has 1 aromatic carbocycles. The number of rotatable bonds is 11. The summed E-state index contributed by atoms with van der Waals surface area (Å²) in [6.45, 7) is 9.86. The van der Waals surface area contributed by atoms with Crippen LogP contribution in [0.5, 0.6) is 0 Å². The van der Waals surface area contributed by atoms with Crippen molar-refractivity contribution in [1.82, 2.24) is 18.7 Å². The third-order valence-electron chi connectivity index (χ3n) is 7.32. The Morgan fingerprint density at radius 3 is 2.28 bits per heavy atom. The molecule has 0 unspecified atom stereocenters. The van der Waals surface area contributed by atoms with Crippen molar-refractivity contribution < 1.29 is 17.0 Å². The van der Waals surface area contributed by atoms with E-state index in [0.717, 1.165) is 37.6 Å². The zero-order valence-corrected chi connectivity index (χ0v) is 25.1. The first-order chi connectivity index (χ1) is 18.4. The van der Waals surface area contributed by atoms with E-state index in [-0.39, 0.29) is 31.3 Å². The predicted molar refractivity (Wildman–Crippen MR) is 152 cm³/mol. The number of hydrogen-bond donors (Lipinski definition) is 0. The average molecular weight is 579 g/mol. The van der Waals surface area contributed by atoms with Crippen molar-refractivity contribution in [3.63, 3.8) is 0 Å². The van der Waals surface area contributed by atoms with Crippen LogP contribution in [0.4, 0.5) is 3.89 Å². The van der Waals surface area contributed by atoms with Crippen LogP contribution in [0.25, 0.3) is 11.2 Å². The summed E-state index contributed by atoms with van der Waals surface area (Å²) in [5, 5.41) is 0. The summed E-state index contributed by atoms with van der Waals surface area (Å²) < 4.78 is 46.6. The van der Waals surface area contributed by atoms with Crippen LogP contribution in [0.1, 0.15) is 62.8 Å². The van der Waals surface area contributed by atoms with Gasteiger partial charge in [-0.3, -0.25) is 18.5 Å². The third-order valence-corrected chi connectivity index (χ3v) is 9.86. The van der Waals surface area contributed by atoms with E-state index in [2.05, 4.69) is 19.6 Å². The normalized spacial score (nSPS) is 15.3. The number of benzene rings is 1. The van der Waals surface area contributed by atoms with E-state index in [1.54, 1.807) is 0 Å². The molecule has 4 rings (SSSR count). The number of imidazole rings is 1. The Hall–Kier alpha value is -2.57.